The van der Waals surface area contributed by atoms with Gasteiger partial charge >= 0.3 is 0 Å². The van der Waals surface area contributed by atoms with E-state index in [1.165, 1.54) is 4.31 Å². The van der Waals surface area contributed by atoms with Crippen LogP contribution in [0.2, 0.25) is 0 Å². The maximum atomic E-state index is 12.9. The van der Waals surface area contributed by atoms with E-state index in [0.29, 0.717) is 30.6 Å². The number of aliphatic hydroxyl groups is 1. The quantitative estimate of drug-likeness (QED) is 0.928. The lowest BCUT2D eigenvalue weighted by Crippen LogP contribution is -2.31. The summed E-state index contributed by atoms with van der Waals surface area (Å²) in [5.41, 5.74) is 1.25. The van der Waals surface area contributed by atoms with E-state index in [-0.39, 0.29) is 4.90 Å². The van der Waals surface area contributed by atoms with Gasteiger partial charge in [0.25, 0.3) is 10.0 Å². The van der Waals surface area contributed by atoms with E-state index in [9.17, 15) is 13.5 Å². The summed E-state index contributed by atoms with van der Waals surface area (Å²) in [5, 5.41) is 10.2. The van der Waals surface area contributed by atoms with E-state index in [2.05, 4.69) is 0 Å². The highest BCUT2D eigenvalue weighted by molar-refractivity contribution is 7.92. The summed E-state index contributed by atoms with van der Waals surface area (Å²) in [5.74, 6) is 0. The molecule has 4 nitrogen and oxygen atoms in total. The third-order valence-electron chi connectivity index (χ3n) is 3.73. The average molecular weight is 303 g/mol. The molecule has 0 unspecified atom stereocenters. The number of rotatable bonds is 2. The van der Waals surface area contributed by atoms with Gasteiger partial charge in [0.05, 0.1) is 16.7 Å². The van der Waals surface area contributed by atoms with Gasteiger partial charge in [-0.25, -0.2) is 8.42 Å². The minimum atomic E-state index is -3.60. The van der Waals surface area contributed by atoms with Crippen LogP contribution in [0.4, 0.5) is 5.69 Å². The minimum absolute atomic E-state index is 0.274. The first-order chi connectivity index (χ1) is 10.1. The van der Waals surface area contributed by atoms with Gasteiger partial charge in [0.15, 0.2) is 0 Å². The van der Waals surface area contributed by atoms with Gasteiger partial charge in [-0.15, -0.1) is 0 Å². The van der Waals surface area contributed by atoms with Crippen LogP contribution in [0.3, 0.4) is 0 Å². The molecular formula is C16H17NO3S. The Morgan fingerprint density at radius 1 is 1.00 bits per heavy atom. The van der Waals surface area contributed by atoms with Gasteiger partial charge in [0, 0.05) is 12.1 Å². The van der Waals surface area contributed by atoms with Gasteiger partial charge in [-0.3, -0.25) is 4.31 Å². The van der Waals surface area contributed by atoms with Crippen molar-refractivity contribution in [1.29, 1.82) is 0 Å². The monoisotopic (exact) mass is 303 g/mol. The Balaban J connectivity index is 2.12. The molecule has 1 atom stereocenters. The van der Waals surface area contributed by atoms with Crippen LogP contribution in [0.5, 0.6) is 0 Å². The SMILES string of the molecule is O=S(=O)(c1ccccc1)N1CCC[C@H](O)c2ccccc21. The Hall–Kier alpha value is -1.85. The Labute approximate surface area is 124 Å². The molecule has 5 heteroatoms. The van der Waals surface area contributed by atoms with E-state index in [1.54, 1.807) is 48.5 Å². The molecule has 2 aromatic carbocycles. The molecule has 0 aliphatic carbocycles. The van der Waals surface area contributed by atoms with Crippen molar-refractivity contribution in [3.8, 4) is 0 Å². The lowest BCUT2D eigenvalue weighted by molar-refractivity contribution is 0.168. The molecule has 0 amide bonds. The van der Waals surface area contributed by atoms with Crippen molar-refractivity contribution in [2.24, 2.45) is 0 Å². The molecule has 0 saturated heterocycles. The molecule has 0 spiro atoms. The zero-order valence-electron chi connectivity index (χ0n) is 11.5. The van der Waals surface area contributed by atoms with E-state index in [0.717, 1.165) is 0 Å². The van der Waals surface area contributed by atoms with Crippen molar-refractivity contribution in [3.63, 3.8) is 0 Å². The third kappa shape index (κ3) is 2.54. The van der Waals surface area contributed by atoms with Crippen molar-refractivity contribution in [2.75, 3.05) is 10.8 Å². The first-order valence-corrected chi connectivity index (χ1v) is 8.39. The molecule has 3 rings (SSSR count). The fourth-order valence-electron chi connectivity index (χ4n) is 2.67. The number of nitrogens with zero attached hydrogens (tertiary/aromatic N) is 1. The summed E-state index contributed by atoms with van der Waals surface area (Å²) >= 11 is 0. The fourth-order valence-corrected chi connectivity index (χ4v) is 4.22. The first-order valence-electron chi connectivity index (χ1n) is 6.95. The molecule has 21 heavy (non-hydrogen) atoms. The second-order valence-electron chi connectivity index (χ2n) is 5.11. The van der Waals surface area contributed by atoms with E-state index >= 15 is 0 Å². The summed E-state index contributed by atoms with van der Waals surface area (Å²) in [6.45, 7) is 0.380. The number of sulfonamides is 1. The van der Waals surface area contributed by atoms with E-state index in [1.807, 2.05) is 6.07 Å². The van der Waals surface area contributed by atoms with Gasteiger partial charge in [-0.1, -0.05) is 36.4 Å². The fraction of sp³-hybridized carbons (Fsp3) is 0.250. The average Bonchev–Trinajstić information content (AvgIpc) is 2.68. The van der Waals surface area contributed by atoms with E-state index < -0.39 is 16.1 Å². The molecule has 0 saturated carbocycles. The third-order valence-corrected chi connectivity index (χ3v) is 5.56. The van der Waals surface area contributed by atoms with Gasteiger partial charge in [-0.2, -0.15) is 0 Å². The van der Waals surface area contributed by atoms with Crippen LogP contribution >= 0.6 is 0 Å². The van der Waals surface area contributed by atoms with Crippen molar-refractivity contribution >= 4 is 15.7 Å². The van der Waals surface area contributed by atoms with Crippen LogP contribution in [0.25, 0.3) is 0 Å². The molecular weight excluding hydrogens is 286 g/mol. The predicted octanol–water partition coefficient (Wildman–Crippen LogP) is 2.71. The standard InChI is InChI=1S/C16H17NO3S/c18-16-11-6-12-17(15-10-5-4-9-14(15)16)21(19,20)13-7-2-1-3-8-13/h1-5,7-10,16,18H,6,11-12H2/t16-/m0/s1. The predicted molar refractivity (Wildman–Crippen MR) is 81.6 cm³/mol. The number of hydrogen-bond donors (Lipinski definition) is 1. The second kappa shape index (κ2) is 5.50. The first kappa shape index (κ1) is 14.1. The smallest absolute Gasteiger partial charge is 0.264 e. The number of aliphatic hydroxyl groups excluding tert-OH is 1. The molecule has 1 heterocycles. The zero-order chi connectivity index (χ0) is 14.9. The highest BCUT2D eigenvalue weighted by Crippen LogP contribution is 2.35. The maximum absolute atomic E-state index is 12.9. The second-order valence-corrected chi connectivity index (χ2v) is 6.97. The van der Waals surface area contributed by atoms with Crippen molar-refractivity contribution in [2.45, 2.75) is 23.8 Å². The lowest BCUT2D eigenvalue weighted by Gasteiger charge is -2.24. The van der Waals surface area contributed by atoms with Crippen LogP contribution in [-0.2, 0) is 10.0 Å². The summed E-state index contributed by atoms with van der Waals surface area (Å²) in [6.07, 6.45) is 0.580. The van der Waals surface area contributed by atoms with Crippen molar-refractivity contribution in [3.05, 3.63) is 60.2 Å². The molecule has 0 radical (unpaired) electrons. The lowest BCUT2D eigenvalue weighted by atomic mass is 10.1. The number of fused-ring (bicyclic) bond motifs is 1. The summed E-state index contributed by atoms with van der Waals surface area (Å²) in [6, 6.07) is 15.6. The van der Waals surface area contributed by atoms with Crippen molar-refractivity contribution in [1.82, 2.24) is 0 Å². The molecule has 2 aromatic rings. The molecule has 0 fully saturated rings. The summed E-state index contributed by atoms with van der Waals surface area (Å²) in [4.78, 5) is 0.274. The zero-order valence-corrected chi connectivity index (χ0v) is 12.3. The largest absolute Gasteiger partial charge is 0.388 e. The minimum Gasteiger partial charge on any atom is -0.388 e. The molecule has 0 aromatic heterocycles. The molecule has 110 valence electrons. The van der Waals surface area contributed by atoms with Crippen LogP contribution in [-0.4, -0.2) is 20.1 Å². The Morgan fingerprint density at radius 2 is 1.67 bits per heavy atom. The number of hydrogen-bond acceptors (Lipinski definition) is 3. The Kier molecular flexibility index (Phi) is 3.69. The Morgan fingerprint density at radius 3 is 2.43 bits per heavy atom. The van der Waals surface area contributed by atoms with Gasteiger partial charge < -0.3 is 5.11 Å². The van der Waals surface area contributed by atoms with Crippen molar-refractivity contribution < 1.29 is 13.5 Å². The van der Waals surface area contributed by atoms with Gasteiger partial charge in [-0.05, 0) is 31.0 Å². The molecule has 1 N–H and O–H groups in total. The number of benzene rings is 2. The van der Waals surface area contributed by atoms with Gasteiger partial charge in [0.2, 0.25) is 0 Å². The summed E-state index contributed by atoms with van der Waals surface area (Å²) in [7, 11) is -3.60. The number of anilines is 1. The Bertz CT molecular complexity index is 728. The maximum Gasteiger partial charge on any atom is 0.264 e. The topological polar surface area (TPSA) is 57.6 Å². The highest BCUT2D eigenvalue weighted by atomic mass is 32.2. The molecule has 1 aliphatic heterocycles. The van der Waals surface area contributed by atoms with Crippen LogP contribution in [0, 0.1) is 0 Å². The van der Waals surface area contributed by atoms with Crippen LogP contribution in [0.15, 0.2) is 59.5 Å². The molecule has 0 bridgehead atoms. The van der Waals surface area contributed by atoms with Crippen LogP contribution < -0.4 is 4.31 Å². The van der Waals surface area contributed by atoms with Gasteiger partial charge in [0.1, 0.15) is 0 Å². The summed E-state index contributed by atoms with van der Waals surface area (Å²) < 4.78 is 27.1. The number of para-hydroxylation sites is 1. The molecule has 1 aliphatic rings. The van der Waals surface area contributed by atoms with Crippen LogP contribution in [0.1, 0.15) is 24.5 Å². The normalized spacial score (nSPS) is 18.9. The van der Waals surface area contributed by atoms with E-state index in [4.69, 9.17) is 0 Å². The highest BCUT2D eigenvalue weighted by Gasteiger charge is 2.30.